The normalized spacial score (nSPS) is 26.3. The van der Waals surface area contributed by atoms with Gasteiger partial charge in [-0.25, -0.2) is 4.39 Å². The van der Waals surface area contributed by atoms with Crippen LogP contribution in [0.15, 0.2) is 18.2 Å². The Balaban J connectivity index is 2.18. The van der Waals surface area contributed by atoms with Gasteiger partial charge in [-0.2, -0.15) is 0 Å². The average Bonchev–Trinajstić information content (AvgIpc) is 2.44. The zero-order valence-corrected chi connectivity index (χ0v) is 12.3. The molecule has 110 valence electrons. The molecule has 1 aromatic carbocycles. The van der Waals surface area contributed by atoms with Crippen LogP contribution in [0.1, 0.15) is 32.6 Å². The summed E-state index contributed by atoms with van der Waals surface area (Å²) < 4.78 is 13.7. The van der Waals surface area contributed by atoms with Crippen molar-refractivity contribution in [2.75, 3.05) is 11.9 Å². The van der Waals surface area contributed by atoms with Crippen molar-refractivity contribution in [1.82, 2.24) is 0 Å². The van der Waals surface area contributed by atoms with Crippen molar-refractivity contribution in [1.29, 1.82) is 0 Å². The van der Waals surface area contributed by atoms with Gasteiger partial charge in [0.1, 0.15) is 5.82 Å². The lowest BCUT2D eigenvalue weighted by Gasteiger charge is -2.37. The maximum absolute atomic E-state index is 13.7. The van der Waals surface area contributed by atoms with E-state index in [1.165, 1.54) is 12.1 Å². The summed E-state index contributed by atoms with van der Waals surface area (Å²) in [6, 6.07) is 4.34. The van der Waals surface area contributed by atoms with E-state index in [0.717, 1.165) is 25.7 Å². The van der Waals surface area contributed by atoms with Crippen LogP contribution in [0, 0.1) is 17.2 Å². The van der Waals surface area contributed by atoms with Crippen molar-refractivity contribution in [3.63, 3.8) is 0 Å². The summed E-state index contributed by atoms with van der Waals surface area (Å²) in [7, 11) is 0. The van der Waals surface area contributed by atoms with Crippen LogP contribution in [-0.4, -0.2) is 12.5 Å². The van der Waals surface area contributed by atoms with E-state index in [4.69, 9.17) is 17.3 Å². The molecule has 2 rings (SSSR count). The molecule has 0 heterocycles. The Labute approximate surface area is 123 Å². The highest BCUT2D eigenvalue weighted by Gasteiger charge is 2.40. The van der Waals surface area contributed by atoms with Gasteiger partial charge in [-0.1, -0.05) is 24.6 Å². The second-order valence-electron chi connectivity index (χ2n) is 5.72. The van der Waals surface area contributed by atoms with Gasteiger partial charge < -0.3 is 11.1 Å². The average molecular weight is 299 g/mol. The molecule has 3 nitrogen and oxygen atoms in total. The van der Waals surface area contributed by atoms with Gasteiger partial charge in [0.25, 0.3) is 0 Å². The van der Waals surface area contributed by atoms with Gasteiger partial charge >= 0.3 is 0 Å². The first-order valence-corrected chi connectivity index (χ1v) is 7.32. The fourth-order valence-corrected chi connectivity index (χ4v) is 2.91. The van der Waals surface area contributed by atoms with E-state index in [-0.39, 0.29) is 23.2 Å². The lowest BCUT2D eigenvalue weighted by atomic mass is 9.70. The number of rotatable bonds is 3. The molecule has 1 fully saturated rings. The van der Waals surface area contributed by atoms with Gasteiger partial charge in [-0.15, -0.1) is 0 Å². The third-order valence-electron chi connectivity index (χ3n) is 4.31. The number of para-hydroxylation sites is 1. The second-order valence-corrected chi connectivity index (χ2v) is 6.12. The van der Waals surface area contributed by atoms with Crippen LogP contribution in [0.5, 0.6) is 0 Å². The number of nitrogens with one attached hydrogen (secondary N) is 1. The standard InChI is InChI=1S/C15H20ClFN2O/c1-10-5-7-15(9-18,8-6-10)14(20)19-13-11(16)3-2-4-12(13)17/h2-4,10H,5-9,18H2,1H3,(H,19,20). The van der Waals surface area contributed by atoms with Crippen molar-refractivity contribution in [2.24, 2.45) is 17.1 Å². The van der Waals surface area contributed by atoms with E-state index < -0.39 is 11.2 Å². The molecule has 0 atom stereocenters. The van der Waals surface area contributed by atoms with Crippen LogP contribution in [0.4, 0.5) is 10.1 Å². The fourth-order valence-electron chi connectivity index (χ4n) is 2.70. The Morgan fingerprint density at radius 3 is 2.70 bits per heavy atom. The van der Waals surface area contributed by atoms with Crippen LogP contribution < -0.4 is 11.1 Å². The highest BCUT2D eigenvalue weighted by atomic mass is 35.5. The summed E-state index contributed by atoms with van der Waals surface area (Å²) in [6.45, 7) is 2.45. The number of halogens is 2. The highest BCUT2D eigenvalue weighted by molar-refractivity contribution is 6.33. The molecule has 0 aromatic heterocycles. The van der Waals surface area contributed by atoms with Gasteiger partial charge in [0.2, 0.25) is 5.91 Å². The van der Waals surface area contributed by atoms with E-state index >= 15 is 0 Å². The number of nitrogens with two attached hydrogens (primary N) is 1. The molecule has 0 saturated heterocycles. The van der Waals surface area contributed by atoms with Crippen LogP contribution in [0.25, 0.3) is 0 Å². The highest BCUT2D eigenvalue weighted by Crippen LogP contribution is 2.39. The molecule has 1 aliphatic carbocycles. The molecule has 1 aliphatic rings. The molecule has 1 aromatic rings. The van der Waals surface area contributed by atoms with Crippen LogP contribution in [0.2, 0.25) is 5.02 Å². The summed E-state index contributed by atoms with van der Waals surface area (Å²) >= 11 is 5.94. The largest absolute Gasteiger partial charge is 0.329 e. The third-order valence-corrected chi connectivity index (χ3v) is 4.62. The lowest BCUT2D eigenvalue weighted by molar-refractivity contribution is -0.127. The number of benzene rings is 1. The van der Waals surface area contributed by atoms with Crippen molar-refractivity contribution < 1.29 is 9.18 Å². The Hall–Kier alpha value is -1.13. The molecule has 0 aliphatic heterocycles. The smallest absolute Gasteiger partial charge is 0.231 e. The molecule has 0 radical (unpaired) electrons. The molecule has 0 bridgehead atoms. The molecule has 0 spiro atoms. The molecule has 1 amide bonds. The summed E-state index contributed by atoms with van der Waals surface area (Å²) in [4.78, 5) is 12.5. The quantitative estimate of drug-likeness (QED) is 0.896. The van der Waals surface area contributed by atoms with Crippen molar-refractivity contribution in [3.8, 4) is 0 Å². The van der Waals surface area contributed by atoms with E-state index in [2.05, 4.69) is 12.2 Å². The Bertz CT molecular complexity index is 478. The van der Waals surface area contributed by atoms with Crippen LogP contribution in [-0.2, 0) is 4.79 Å². The predicted octanol–water partition coefficient (Wildman–Crippen LogP) is 3.57. The Morgan fingerprint density at radius 2 is 2.15 bits per heavy atom. The fraction of sp³-hybridized carbons (Fsp3) is 0.533. The SMILES string of the molecule is CC1CCC(CN)(C(=O)Nc2c(F)cccc2Cl)CC1. The van der Waals surface area contributed by atoms with Crippen molar-refractivity contribution in [2.45, 2.75) is 32.6 Å². The first-order valence-electron chi connectivity index (χ1n) is 6.94. The van der Waals surface area contributed by atoms with Gasteiger partial charge in [0.05, 0.1) is 16.1 Å². The van der Waals surface area contributed by atoms with Crippen molar-refractivity contribution >= 4 is 23.2 Å². The molecular weight excluding hydrogens is 279 g/mol. The molecule has 1 saturated carbocycles. The van der Waals surface area contributed by atoms with Gasteiger partial charge in [0, 0.05) is 6.54 Å². The number of hydrogen-bond acceptors (Lipinski definition) is 2. The monoisotopic (exact) mass is 298 g/mol. The van der Waals surface area contributed by atoms with E-state index in [0.29, 0.717) is 5.92 Å². The van der Waals surface area contributed by atoms with E-state index in [1.807, 2.05) is 0 Å². The van der Waals surface area contributed by atoms with E-state index in [9.17, 15) is 9.18 Å². The predicted molar refractivity (Wildman–Crippen MR) is 79.2 cm³/mol. The Kier molecular flexibility index (Phi) is 4.66. The minimum absolute atomic E-state index is 0.0469. The summed E-state index contributed by atoms with van der Waals surface area (Å²) in [5.41, 5.74) is 5.27. The van der Waals surface area contributed by atoms with Gasteiger partial charge in [-0.05, 0) is 43.7 Å². The molecule has 3 N–H and O–H groups in total. The topological polar surface area (TPSA) is 55.1 Å². The first kappa shape index (κ1) is 15.3. The molecular formula is C15H20ClFN2O. The number of amides is 1. The molecule has 0 unspecified atom stereocenters. The van der Waals surface area contributed by atoms with Crippen LogP contribution in [0.3, 0.4) is 0 Å². The minimum Gasteiger partial charge on any atom is -0.329 e. The number of carbonyl (C=O) groups is 1. The molecule has 5 heteroatoms. The number of hydrogen-bond donors (Lipinski definition) is 2. The number of carbonyl (C=O) groups excluding carboxylic acids is 1. The second kappa shape index (κ2) is 6.10. The first-order chi connectivity index (χ1) is 9.48. The van der Waals surface area contributed by atoms with Crippen molar-refractivity contribution in [3.05, 3.63) is 29.0 Å². The Morgan fingerprint density at radius 1 is 1.50 bits per heavy atom. The van der Waals surface area contributed by atoms with Gasteiger partial charge in [0.15, 0.2) is 0 Å². The zero-order chi connectivity index (χ0) is 14.8. The number of anilines is 1. The molecule has 20 heavy (non-hydrogen) atoms. The summed E-state index contributed by atoms with van der Waals surface area (Å²) in [5.74, 6) is -0.138. The lowest BCUT2D eigenvalue weighted by Crippen LogP contribution is -2.45. The summed E-state index contributed by atoms with van der Waals surface area (Å²) in [6.07, 6.45) is 3.41. The minimum atomic E-state index is -0.599. The third kappa shape index (κ3) is 2.96. The summed E-state index contributed by atoms with van der Waals surface area (Å²) in [5, 5.41) is 2.83. The van der Waals surface area contributed by atoms with E-state index in [1.54, 1.807) is 6.07 Å². The zero-order valence-electron chi connectivity index (χ0n) is 11.6. The van der Waals surface area contributed by atoms with Gasteiger partial charge in [-0.3, -0.25) is 4.79 Å². The maximum Gasteiger partial charge on any atom is 0.231 e. The van der Waals surface area contributed by atoms with Crippen LogP contribution >= 0.6 is 11.6 Å². The maximum atomic E-state index is 13.7.